The van der Waals surface area contributed by atoms with E-state index in [0.29, 0.717) is 17.7 Å². The van der Waals surface area contributed by atoms with E-state index in [2.05, 4.69) is 58.7 Å². The summed E-state index contributed by atoms with van der Waals surface area (Å²) < 4.78 is 0. The number of fused-ring (bicyclic) bond motifs is 2. The van der Waals surface area contributed by atoms with E-state index >= 15 is 0 Å². The maximum atomic E-state index is 13.2. The zero-order chi connectivity index (χ0) is 28.3. The molecule has 1 aliphatic heterocycles. The lowest BCUT2D eigenvalue weighted by atomic mass is 9.96. The Morgan fingerprint density at radius 1 is 0.854 bits per heavy atom. The first-order valence-corrected chi connectivity index (χ1v) is 14.1. The lowest BCUT2D eigenvalue weighted by Crippen LogP contribution is -2.30. The highest BCUT2D eigenvalue weighted by Crippen LogP contribution is 2.31. The van der Waals surface area contributed by atoms with Gasteiger partial charge >= 0.3 is 5.97 Å². The van der Waals surface area contributed by atoms with Crippen molar-refractivity contribution in [3.8, 4) is 11.1 Å². The number of rotatable bonds is 7. The number of aryl methyl sites for hydroxylation is 1. The molecule has 5 aromatic carbocycles. The van der Waals surface area contributed by atoms with E-state index in [-0.39, 0.29) is 11.9 Å². The summed E-state index contributed by atoms with van der Waals surface area (Å²) >= 11 is 0. The number of carbonyl (C=O) groups excluding carboxylic acids is 1. The maximum Gasteiger partial charge on any atom is 0.336 e. The molecule has 0 bridgehead atoms. The molecule has 1 heterocycles. The summed E-state index contributed by atoms with van der Waals surface area (Å²) in [5, 5.41) is 15.2. The third-order valence-corrected chi connectivity index (χ3v) is 7.95. The SMILES string of the molecule is CC(NC(=O)c1ccc2c(c1)CCCN2Cc1cccc(-c2ccccc2C(=O)O)c1)c1ccc2ccccc2c1. The van der Waals surface area contributed by atoms with Gasteiger partial charge in [-0.2, -0.15) is 0 Å². The van der Waals surface area contributed by atoms with Crippen molar-refractivity contribution in [1.29, 1.82) is 0 Å². The van der Waals surface area contributed by atoms with Crippen LogP contribution in [0.4, 0.5) is 5.69 Å². The van der Waals surface area contributed by atoms with E-state index in [1.54, 1.807) is 12.1 Å². The second kappa shape index (κ2) is 11.3. The third-order valence-electron chi connectivity index (χ3n) is 7.95. The van der Waals surface area contributed by atoms with E-state index in [1.165, 1.54) is 10.9 Å². The number of carbonyl (C=O) groups is 2. The zero-order valence-corrected chi connectivity index (χ0v) is 23.0. The van der Waals surface area contributed by atoms with E-state index in [4.69, 9.17) is 0 Å². The molecule has 1 unspecified atom stereocenters. The first-order chi connectivity index (χ1) is 20.0. The van der Waals surface area contributed by atoms with Crippen molar-refractivity contribution in [2.75, 3.05) is 11.4 Å². The Bertz CT molecular complexity index is 1760. The van der Waals surface area contributed by atoms with Gasteiger partial charge in [-0.1, -0.05) is 72.8 Å². The second-order valence-corrected chi connectivity index (χ2v) is 10.7. The molecule has 0 radical (unpaired) electrons. The Balaban J connectivity index is 1.18. The van der Waals surface area contributed by atoms with Crippen molar-refractivity contribution >= 4 is 28.3 Å². The molecule has 41 heavy (non-hydrogen) atoms. The van der Waals surface area contributed by atoms with Gasteiger partial charge in [-0.05, 0) is 94.8 Å². The van der Waals surface area contributed by atoms with Crippen LogP contribution in [0.15, 0.2) is 109 Å². The molecule has 0 fully saturated rings. The number of carboxylic acid groups (broad SMARTS) is 1. The molecule has 5 nitrogen and oxygen atoms in total. The molecule has 5 aromatic rings. The van der Waals surface area contributed by atoms with E-state index in [1.807, 2.05) is 55.5 Å². The minimum Gasteiger partial charge on any atom is -0.478 e. The number of amides is 1. The molecule has 0 saturated heterocycles. The molecule has 0 aromatic heterocycles. The van der Waals surface area contributed by atoms with Crippen LogP contribution >= 0.6 is 0 Å². The smallest absolute Gasteiger partial charge is 0.336 e. The van der Waals surface area contributed by atoms with Crippen molar-refractivity contribution in [3.63, 3.8) is 0 Å². The van der Waals surface area contributed by atoms with E-state index in [0.717, 1.165) is 52.7 Å². The van der Waals surface area contributed by atoms with Gasteiger partial charge in [0.05, 0.1) is 11.6 Å². The van der Waals surface area contributed by atoms with Crippen LogP contribution in [0, 0.1) is 0 Å². The quantitative estimate of drug-likeness (QED) is 0.222. The number of benzene rings is 5. The lowest BCUT2D eigenvalue weighted by molar-refractivity contribution is 0.0697. The monoisotopic (exact) mass is 540 g/mol. The number of carboxylic acids is 1. The summed E-state index contributed by atoms with van der Waals surface area (Å²) in [5.41, 5.74) is 7.09. The standard InChI is InChI=1S/C36H32N2O3/c1-24(27-16-15-26-9-2-3-10-28(26)21-27)37-35(39)31-17-18-34-30(22-31)12-7-19-38(34)23-25-8-6-11-29(20-25)32-13-4-5-14-33(32)36(40)41/h2-6,8-11,13-18,20-22,24H,7,12,19,23H2,1H3,(H,37,39)(H,40,41). The molecule has 2 N–H and O–H groups in total. The molecule has 0 aliphatic carbocycles. The summed E-state index contributed by atoms with van der Waals surface area (Å²) in [6.07, 6.45) is 1.94. The van der Waals surface area contributed by atoms with Gasteiger partial charge in [-0.15, -0.1) is 0 Å². The van der Waals surface area contributed by atoms with E-state index in [9.17, 15) is 14.7 Å². The highest BCUT2D eigenvalue weighted by atomic mass is 16.4. The number of aromatic carboxylic acids is 1. The molecule has 204 valence electrons. The van der Waals surface area contributed by atoms with Gasteiger partial charge in [0.2, 0.25) is 0 Å². The second-order valence-electron chi connectivity index (χ2n) is 10.7. The lowest BCUT2D eigenvalue weighted by Gasteiger charge is -2.32. The molecule has 0 saturated carbocycles. The highest BCUT2D eigenvalue weighted by Gasteiger charge is 2.20. The summed E-state index contributed by atoms with van der Waals surface area (Å²) in [7, 11) is 0. The fourth-order valence-corrected chi connectivity index (χ4v) is 5.80. The molecule has 5 heteroatoms. The first kappa shape index (κ1) is 26.3. The Hall–Kier alpha value is -4.90. The Morgan fingerprint density at radius 2 is 1.66 bits per heavy atom. The van der Waals surface area contributed by atoms with Crippen molar-refractivity contribution in [2.45, 2.75) is 32.4 Å². The van der Waals surface area contributed by atoms with Gasteiger partial charge in [-0.25, -0.2) is 4.79 Å². The number of nitrogens with zero attached hydrogens (tertiary/aromatic N) is 1. The van der Waals surface area contributed by atoms with Crippen molar-refractivity contribution < 1.29 is 14.7 Å². The Kier molecular flexibility index (Phi) is 7.26. The summed E-state index contributed by atoms with van der Waals surface area (Å²) in [6.45, 7) is 3.65. The average Bonchev–Trinajstić information content (AvgIpc) is 3.00. The highest BCUT2D eigenvalue weighted by molar-refractivity contribution is 5.96. The Labute approximate surface area is 240 Å². The summed E-state index contributed by atoms with van der Waals surface area (Å²) in [6, 6.07) is 35.7. The van der Waals surface area contributed by atoms with Gasteiger partial charge in [0.25, 0.3) is 5.91 Å². The van der Waals surface area contributed by atoms with Crippen molar-refractivity contribution in [3.05, 3.63) is 137 Å². The molecule has 0 spiro atoms. The van der Waals surface area contributed by atoms with Gasteiger partial charge < -0.3 is 15.3 Å². The molecular weight excluding hydrogens is 508 g/mol. The number of hydrogen-bond acceptors (Lipinski definition) is 3. The molecule has 6 rings (SSSR count). The molecule has 1 amide bonds. The number of hydrogen-bond donors (Lipinski definition) is 2. The fraction of sp³-hybridized carbons (Fsp3) is 0.167. The predicted molar refractivity (Wildman–Crippen MR) is 164 cm³/mol. The average molecular weight is 541 g/mol. The fourth-order valence-electron chi connectivity index (χ4n) is 5.80. The Morgan fingerprint density at radius 3 is 2.51 bits per heavy atom. The van der Waals surface area contributed by atoms with Gasteiger partial charge in [0.15, 0.2) is 0 Å². The van der Waals surface area contributed by atoms with E-state index < -0.39 is 5.97 Å². The van der Waals surface area contributed by atoms with Gasteiger partial charge in [0.1, 0.15) is 0 Å². The van der Waals surface area contributed by atoms with Crippen LogP contribution in [-0.4, -0.2) is 23.5 Å². The largest absolute Gasteiger partial charge is 0.478 e. The minimum atomic E-state index is -0.928. The molecule has 1 aliphatic rings. The predicted octanol–water partition coefficient (Wildman–Crippen LogP) is 7.65. The van der Waals surface area contributed by atoms with Gasteiger partial charge in [0, 0.05) is 24.3 Å². The summed E-state index contributed by atoms with van der Waals surface area (Å²) in [5.74, 6) is -1.00. The molecule has 1 atom stereocenters. The topological polar surface area (TPSA) is 69.6 Å². The van der Waals surface area contributed by atoms with Crippen molar-refractivity contribution in [1.82, 2.24) is 5.32 Å². The minimum absolute atomic E-state index is 0.0737. The first-order valence-electron chi connectivity index (χ1n) is 14.1. The zero-order valence-electron chi connectivity index (χ0n) is 23.0. The van der Waals surface area contributed by atoms with Crippen LogP contribution in [0.25, 0.3) is 21.9 Å². The van der Waals surface area contributed by atoms with Gasteiger partial charge in [-0.3, -0.25) is 4.79 Å². The third kappa shape index (κ3) is 5.57. The van der Waals surface area contributed by atoms with Crippen LogP contribution < -0.4 is 10.2 Å². The summed E-state index contributed by atoms with van der Waals surface area (Å²) in [4.78, 5) is 27.3. The van der Waals surface area contributed by atoms with Crippen LogP contribution in [0.3, 0.4) is 0 Å². The van der Waals surface area contributed by atoms with Crippen LogP contribution in [0.5, 0.6) is 0 Å². The van der Waals surface area contributed by atoms with Crippen LogP contribution in [-0.2, 0) is 13.0 Å². The van der Waals surface area contributed by atoms with Crippen molar-refractivity contribution in [2.24, 2.45) is 0 Å². The maximum absolute atomic E-state index is 13.2. The molecular formula is C36H32N2O3. The normalized spacial score (nSPS) is 13.4. The number of nitrogens with one attached hydrogen (secondary N) is 1. The number of anilines is 1. The van der Waals surface area contributed by atoms with Crippen LogP contribution in [0.1, 0.15) is 56.8 Å². The van der Waals surface area contributed by atoms with Crippen LogP contribution in [0.2, 0.25) is 0 Å².